The Kier molecular flexibility index (Phi) is 3.32. The Balaban J connectivity index is 2.79. The van der Waals surface area contributed by atoms with Crippen LogP contribution in [-0.4, -0.2) is 23.7 Å². The van der Waals surface area contributed by atoms with E-state index in [0.29, 0.717) is 5.75 Å². The number of rotatable bonds is 3. The highest BCUT2D eigenvalue weighted by atomic mass is 31.2. The summed E-state index contributed by atoms with van der Waals surface area (Å²) in [5.41, 5.74) is 1.08. The minimum atomic E-state index is -3.67. The molecular formula is C9H14NO3P. The molecule has 0 aliphatic rings. The van der Waals surface area contributed by atoms with E-state index in [1.165, 1.54) is 14.1 Å². The maximum atomic E-state index is 11.4. The van der Waals surface area contributed by atoms with Crippen LogP contribution in [0.15, 0.2) is 24.3 Å². The predicted octanol–water partition coefficient (Wildman–Crippen LogP) is 2.04. The highest BCUT2D eigenvalue weighted by molar-refractivity contribution is 7.50. The lowest BCUT2D eigenvalue weighted by molar-refractivity contribution is 0.318. The van der Waals surface area contributed by atoms with E-state index in [-0.39, 0.29) is 0 Å². The van der Waals surface area contributed by atoms with E-state index >= 15 is 0 Å². The minimum Gasteiger partial charge on any atom is -0.413 e. The van der Waals surface area contributed by atoms with E-state index in [9.17, 15) is 9.46 Å². The van der Waals surface area contributed by atoms with Crippen molar-refractivity contribution >= 4 is 7.75 Å². The Hall–Kier alpha value is -0.830. The monoisotopic (exact) mass is 215 g/mol. The van der Waals surface area contributed by atoms with Gasteiger partial charge in [0, 0.05) is 0 Å². The van der Waals surface area contributed by atoms with Gasteiger partial charge in [-0.1, -0.05) is 17.7 Å². The molecule has 5 heteroatoms. The third kappa shape index (κ3) is 2.84. The fraction of sp³-hybridized carbons (Fsp3) is 0.333. The van der Waals surface area contributed by atoms with Crippen molar-refractivity contribution in [2.24, 2.45) is 0 Å². The van der Waals surface area contributed by atoms with E-state index in [1.54, 1.807) is 12.1 Å². The molecule has 0 aliphatic carbocycles. The van der Waals surface area contributed by atoms with Crippen LogP contribution in [0.3, 0.4) is 0 Å². The highest BCUT2D eigenvalue weighted by Crippen LogP contribution is 2.44. The van der Waals surface area contributed by atoms with Gasteiger partial charge in [-0.2, -0.15) is 0 Å². The van der Waals surface area contributed by atoms with Crippen molar-refractivity contribution in [3.63, 3.8) is 0 Å². The van der Waals surface area contributed by atoms with E-state index in [0.717, 1.165) is 10.2 Å². The molecule has 0 aromatic heterocycles. The smallest absolute Gasteiger partial charge is 0.413 e. The van der Waals surface area contributed by atoms with Gasteiger partial charge < -0.3 is 9.42 Å². The second kappa shape index (κ2) is 4.13. The number of hydrogen-bond donors (Lipinski definition) is 1. The van der Waals surface area contributed by atoms with Crippen LogP contribution in [0.2, 0.25) is 0 Å². The van der Waals surface area contributed by atoms with Gasteiger partial charge >= 0.3 is 7.75 Å². The lowest BCUT2D eigenvalue weighted by Crippen LogP contribution is -2.11. The van der Waals surface area contributed by atoms with Crippen LogP contribution in [0.25, 0.3) is 0 Å². The average molecular weight is 215 g/mol. The zero-order valence-electron chi connectivity index (χ0n) is 8.47. The summed E-state index contributed by atoms with van der Waals surface area (Å²) in [6, 6.07) is 6.99. The van der Waals surface area contributed by atoms with Crippen molar-refractivity contribution in [1.29, 1.82) is 0 Å². The first-order chi connectivity index (χ1) is 6.42. The topological polar surface area (TPSA) is 49.8 Å². The number of hydrogen-bond acceptors (Lipinski definition) is 2. The SMILES string of the molecule is Cc1ccc(OP(=O)(O)N(C)C)cc1. The van der Waals surface area contributed by atoms with Gasteiger partial charge in [-0.25, -0.2) is 9.24 Å². The van der Waals surface area contributed by atoms with E-state index < -0.39 is 7.75 Å². The highest BCUT2D eigenvalue weighted by Gasteiger charge is 2.23. The number of benzene rings is 1. The van der Waals surface area contributed by atoms with Crippen molar-refractivity contribution in [3.05, 3.63) is 29.8 Å². The fourth-order valence-corrected chi connectivity index (χ4v) is 1.38. The second-order valence-electron chi connectivity index (χ2n) is 3.24. The molecule has 0 bridgehead atoms. The quantitative estimate of drug-likeness (QED) is 0.784. The lowest BCUT2D eigenvalue weighted by Gasteiger charge is -2.18. The molecular weight excluding hydrogens is 201 g/mol. The van der Waals surface area contributed by atoms with Crippen molar-refractivity contribution < 1.29 is 14.0 Å². The first kappa shape index (κ1) is 11.2. The summed E-state index contributed by atoms with van der Waals surface area (Å²) in [6.45, 7) is 1.94. The van der Waals surface area contributed by atoms with Gasteiger partial charge in [0.05, 0.1) is 0 Å². The van der Waals surface area contributed by atoms with Crippen LogP contribution in [0, 0.1) is 6.92 Å². The molecule has 1 unspecified atom stereocenters. The first-order valence-electron chi connectivity index (χ1n) is 4.19. The molecule has 1 aromatic carbocycles. The van der Waals surface area contributed by atoms with E-state index in [4.69, 9.17) is 4.52 Å². The summed E-state index contributed by atoms with van der Waals surface area (Å²) < 4.78 is 17.5. The van der Waals surface area contributed by atoms with Gasteiger partial charge in [-0.15, -0.1) is 0 Å². The summed E-state index contributed by atoms with van der Waals surface area (Å²) in [5.74, 6) is 0.398. The summed E-state index contributed by atoms with van der Waals surface area (Å²) in [7, 11) is -0.678. The first-order valence-corrected chi connectivity index (χ1v) is 5.72. The van der Waals surface area contributed by atoms with Crippen molar-refractivity contribution in [2.45, 2.75) is 6.92 Å². The Morgan fingerprint density at radius 2 is 1.79 bits per heavy atom. The molecule has 0 saturated carbocycles. The van der Waals surface area contributed by atoms with Gasteiger partial charge in [0.15, 0.2) is 0 Å². The van der Waals surface area contributed by atoms with Gasteiger partial charge in [0.25, 0.3) is 0 Å². The van der Waals surface area contributed by atoms with Gasteiger partial charge in [0.2, 0.25) is 0 Å². The molecule has 0 saturated heterocycles. The molecule has 1 aromatic rings. The number of aryl methyl sites for hydroxylation is 1. The molecule has 78 valence electrons. The molecule has 0 fully saturated rings. The third-order valence-electron chi connectivity index (χ3n) is 1.75. The van der Waals surface area contributed by atoms with Crippen molar-refractivity contribution in [1.82, 2.24) is 4.67 Å². The largest absolute Gasteiger partial charge is 0.458 e. The van der Waals surface area contributed by atoms with E-state index in [2.05, 4.69) is 0 Å². The Morgan fingerprint density at radius 3 is 2.21 bits per heavy atom. The fourth-order valence-electron chi connectivity index (χ4n) is 0.818. The molecule has 0 radical (unpaired) electrons. The summed E-state index contributed by atoms with van der Waals surface area (Å²) in [4.78, 5) is 9.37. The molecule has 4 nitrogen and oxygen atoms in total. The van der Waals surface area contributed by atoms with Crippen molar-refractivity contribution in [2.75, 3.05) is 14.1 Å². The Labute approximate surface area is 83.7 Å². The lowest BCUT2D eigenvalue weighted by atomic mass is 10.2. The molecule has 0 aliphatic heterocycles. The van der Waals surface area contributed by atoms with E-state index in [1.807, 2.05) is 19.1 Å². The molecule has 0 heterocycles. The average Bonchev–Trinajstić information content (AvgIpc) is 2.08. The maximum Gasteiger partial charge on any atom is 0.458 e. The summed E-state index contributed by atoms with van der Waals surface area (Å²) in [5, 5.41) is 0. The molecule has 1 rings (SSSR count). The number of nitrogens with zero attached hydrogens (tertiary/aromatic N) is 1. The van der Waals surface area contributed by atoms with Crippen LogP contribution in [0.5, 0.6) is 5.75 Å². The second-order valence-corrected chi connectivity index (χ2v) is 5.21. The van der Waals surface area contributed by atoms with Gasteiger partial charge in [0.1, 0.15) is 5.75 Å². The standard InChI is InChI=1S/C9H14NO3P/c1-8-4-6-9(7-5-8)13-14(11,12)10(2)3/h4-7H,1-3H3,(H,11,12). The van der Waals surface area contributed by atoms with Gasteiger partial charge in [-0.05, 0) is 33.2 Å². The van der Waals surface area contributed by atoms with Crippen LogP contribution in [0.4, 0.5) is 0 Å². The predicted molar refractivity (Wildman–Crippen MR) is 55.3 cm³/mol. The summed E-state index contributed by atoms with van der Waals surface area (Å²) >= 11 is 0. The van der Waals surface area contributed by atoms with Crippen LogP contribution in [0.1, 0.15) is 5.56 Å². The van der Waals surface area contributed by atoms with Crippen molar-refractivity contribution in [3.8, 4) is 5.75 Å². The summed E-state index contributed by atoms with van der Waals surface area (Å²) in [6.07, 6.45) is 0. The van der Waals surface area contributed by atoms with Crippen LogP contribution in [-0.2, 0) is 4.57 Å². The maximum absolute atomic E-state index is 11.4. The zero-order valence-corrected chi connectivity index (χ0v) is 9.36. The molecule has 14 heavy (non-hydrogen) atoms. The zero-order chi connectivity index (χ0) is 10.8. The Bertz CT molecular complexity index is 348. The molecule has 0 amide bonds. The Morgan fingerprint density at radius 1 is 1.29 bits per heavy atom. The minimum absolute atomic E-state index is 0.398. The normalized spacial score (nSPS) is 15.2. The molecule has 1 N–H and O–H groups in total. The molecule has 0 spiro atoms. The third-order valence-corrected chi connectivity index (χ3v) is 3.21. The molecule has 1 atom stereocenters. The van der Waals surface area contributed by atoms with Gasteiger partial charge in [-0.3, -0.25) is 0 Å². The van der Waals surface area contributed by atoms with Crippen LogP contribution < -0.4 is 4.52 Å². The van der Waals surface area contributed by atoms with Crippen LogP contribution >= 0.6 is 7.75 Å².